The third-order valence-corrected chi connectivity index (χ3v) is 3.31. The first-order valence-electron chi connectivity index (χ1n) is 7.20. The number of nitro groups is 1. The Morgan fingerprint density at radius 2 is 1.96 bits per heavy atom. The van der Waals surface area contributed by atoms with E-state index < -0.39 is 22.6 Å². The Kier molecular flexibility index (Phi) is 4.38. The minimum atomic E-state index is -0.753. The maximum Gasteiger partial charge on any atom is 0.433 e. The summed E-state index contributed by atoms with van der Waals surface area (Å²) in [6.45, 7) is -0.323. The number of hydrogen-bond acceptors (Lipinski definition) is 6. The lowest BCUT2D eigenvalue weighted by molar-refractivity contribution is -0.402. The van der Waals surface area contributed by atoms with Gasteiger partial charge in [-0.15, -0.1) is 0 Å². The van der Waals surface area contributed by atoms with Gasteiger partial charge in [-0.05, 0) is 18.2 Å². The van der Waals surface area contributed by atoms with Crippen molar-refractivity contribution >= 4 is 34.3 Å². The number of nitrogens with zero attached hydrogens (tertiary/aromatic N) is 2. The van der Waals surface area contributed by atoms with Crippen LogP contribution in [0.2, 0.25) is 0 Å². The predicted octanol–water partition coefficient (Wildman–Crippen LogP) is 2.10. The molecule has 2 amide bonds. The van der Waals surface area contributed by atoms with Crippen LogP contribution in [-0.2, 0) is 4.79 Å². The Labute approximate surface area is 140 Å². The number of aromatic nitrogens is 1. The summed E-state index contributed by atoms with van der Waals surface area (Å²) < 4.78 is 4.76. The second-order valence-electron chi connectivity index (χ2n) is 5.01. The maximum atomic E-state index is 12.0. The van der Waals surface area contributed by atoms with Crippen molar-refractivity contribution < 1.29 is 18.9 Å². The molecule has 0 fully saturated rings. The molecule has 0 bridgehead atoms. The average Bonchev–Trinajstić information content (AvgIpc) is 3.10. The second kappa shape index (κ2) is 6.79. The molecular weight excluding hydrogens is 328 g/mol. The van der Waals surface area contributed by atoms with Crippen LogP contribution < -0.4 is 10.6 Å². The number of amides is 2. The van der Waals surface area contributed by atoms with Gasteiger partial charge in [0.05, 0.1) is 23.8 Å². The minimum absolute atomic E-state index is 0.244. The fourth-order valence-corrected chi connectivity index (χ4v) is 2.19. The van der Waals surface area contributed by atoms with Crippen LogP contribution in [0.4, 0.5) is 11.6 Å². The summed E-state index contributed by atoms with van der Waals surface area (Å²) in [4.78, 5) is 37.8. The molecule has 2 heterocycles. The van der Waals surface area contributed by atoms with E-state index in [0.29, 0.717) is 11.2 Å². The highest BCUT2D eigenvalue weighted by molar-refractivity contribution is 6.02. The molecule has 0 unspecified atom stereocenters. The highest BCUT2D eigenvalue weighted by Gasteiger charge is 2.17. The Hall–Kier alpha value is -3.75. The van der Waals surface area contributed by atoms with Crippen molar-refractivity contribution in [3.63, 3.8) is 0 Å². The van der Waals surface area contributed by atoms with Gasteiger partial charge in [-0.1, -0.05) is 18.2 Å². The van der Waals surface area contributed by atoms with Crippen LogP contribution in [0, 0.1) is 10.1 Å². The normalized spacial score (nSPS) is 10.4. The van der Waals surface area contributed by atoms with Crippen molar-refractivity contribution in [3.8, 4) is 0 Å². The van der Waals surface area contributed by atoms with Gasteiger partial charge >= 0.3 is 5.88 Å². The van der Waals surface area contributed by atoms with Gasteiger partial charge in [-0.2, -0.15) is 0 Å². The summed E-state index contributed by atoms with van der Waals surface area (Å²) >= 11 is 0. The molecule has 0 atom stereocenters. The third kappa shape index (κ3) is 3.61. The molecular formula is C16H12N4O5. The van der Waals surface area contributed by atoms with Gasteiger partial charge in [0, 0.05) is 11.6 Å². The van der Waals surface area contributed by atoms with Gasteiger partial charge in [0.25, 0.3) is 5.91 Å². The molecule has 0 aliphatic rings. The van der Waals surface area contributed by atoms with Crippen molar-refractivity contribution in [3.05, 3.63) is 64.5 Å². The fourth-order valence-electron chi connectivity index (χ4n) is 2.19. The first kappa shape index (κ1) is 16.1. The molecule has 126 valence electrons. The van der Waals surface area contributed by atoms with Crippen molar-refractivity contribution in [2.75, 3.05) is 11.9 Å². The van der Waals surface area contributed by atoms with Crippen LogP contribution in [0.1, 0.15) is 10.6 Å². The molecule has 2 aromatic heterocycles. The smallest absolute Gasteiger partial charge is 0.395 e. The molecule has 25 heavy (non-hydrogen) atoms. The molecule has 3 rings (SSSR count). The molecule has 0 aliphatic carbocycles. The summed E-state index contributed by atoms with van der Waals surface area (Å²) in [6.07, 6.45) is 1.61. The van der Waals surface area contributed by atoms with E-state index in [1.54, 1.807) is 24.4 Å². The predicted molar refractivity (Wildman–Crippen MR) is 88.1 cm³/mol. The second-order valence-corrected chi connectivity index (χ2v) is 5.01. The Morgan fingerprint density at radius 1 is 1.16 bits per heavy atom. The zero-order chi connectivity index (χ0) is 17.8. The number of anilines is 1. The van der Waals surface area contributed by atoms with E-state index in [4.69, 9.17) is 4.42 Å². The SMILES string of the molecule is O=C(CNC(=O)c1ccc([N+](=O)[O-])o1)Nc1cccc2cccnc12. The highest BCUT2D eigenvalue weighted by Crippen LogP contribution is 2.20. The van der Waals surface area contributed by atoms with Gasteiger partial charge < -0.3 is 15.1 Å². The molecule has 1 aromatic carbocycles. The van der Waals surface area contributed by atoms with E-state index in [1.165, 1.54) is 6.07 Å². The Bertz CT molecular complexity index is 961. The van der Waals surface area contributed by atoms with E-state index in [9.17, 15) is 19.7 Å². The monoisotopic (exact) mass is 340 g/mol. The first-order valence-corrected chi connectivity index (χ1v) is 7.20. The van der Waals surface area contributed by atoms with Crippen LogP contribution in [0.25, 0.3) is 10.9 Å². The average molecular weight is 340 g/mol. The molecule has 2 N–H and O–H groups in total. The molecule has 0 saturated carbocycles. The fraction of sp³-hybridized carbons (Fsp3) is 0.0625. The van der Waals surface area contributed by atoms with Crippen molar-refractivity contribution in [2.45, 2.75) is 0 Å². The number of carbonyl (C=O) groups is 2. The first-order chi connectivity index (χ1) is 12.0. The Balaban J connectivity index is 1.62. The number of benzene rings is 1. The highest BCUT2D eigenvalue weighted by atomic mass is 16.6. The van der Waals surface area contributed by atoms with E-state index in [2.05, 4.69) is 15.6 Å². The third-order valence-electron chi connectivity index (χ3n) is 3.31. The van der Waals surface area contributed by atoms with Gasteiger partial charge in [-0.25, -0.2) is 0 Å². The lowest BCUT2D eigenvalue weighted by Crippen LogP contribution is -2.32. The van der Waals surface area contributed by atoms with Gasteiger partial charge in [0.1, 0.15) is 4.92 Å². The number of para-hydroxylation sites is 1. The molecule has 3 aromatic rings. The number of pyridine rings is 1. The number of furan rings is 1. The molecule has 9 heteroatoms. The summed E-state index contributed by atoms with van der Waals surface area (Å²) in [5.41, 5.74) is 1.15. The van der Waals surface area contributed by atoms with Crippen LogP contribution in [0.5, 0.6) is 0 Å². The number of fused-ring (bicyclic) bond motifs is 1. The van der Waals surface area contributed by atoms with Gasteiger partial charge in [0.15, 0.2) is 5.76 Å². The zero-order valence-electron chi connectivity index (χ0n) is 12.8. The topological polar surface area (TPSA) is 127 Å². The number of rotatable bonds is 5. The van der Waals surface area contributed by atoms with Crippen LogP contribution in [-0.4, -0.2) is 28.3 Å². The van der Waals surface area contributed by atoms with E-state index >= 15 is 0 Å². The number of nitrogens with one attached hydrogen (secondary N) is 2. The molecule has 0 spiro atoms. The molecule has 0 radical (unpaired) electrons. The van der Waals surface area contributed by atoms with Gasteiger partial charge in [-0.3, -0.25) is 24.7 Å². The Morgan fingerprint density at radius 3 is 2.72 bits per heavy atom. The standard InChI is InChI=1S/C16H12N4O5/c21-13(9-18-16(22)12-6-7-14(25-12)20(23)24)19-11-5-1-3-10-4-2-8-17-15(10)11/h1-8H,9H2,(H,18,22)(H,19,21). The van der Waals surface area contributed by atoms with Crippen molar-refractivity contribution in [1.82, 2.24) is 10.3 Å². The summed E-state index contributed by atoms with van der Waals surface area (Å²) in [6, 6.07) is 11.2. The zero-order valence-corrected chi connectivity index (χ0v) is 12.8. The largest absolute Gasteiger partial charge is 0.433 e. The van der Waals surface area contributed by atoms with E-state index in [0.717, 1.165) is 11.5 Å². The lowest BCUT2D eigenvalue weighted by Gasteiger charge is -2.08. The summed E-state index contributed by atoms with van der Waals surface area (Å²) in [5.74, 6) is -1.98. The maximum absolute atomic E-state index is 12.0. The summed E-state index contributed by atoms with van der Waals surface area (Å²) in [7, 11) is 0. The minimum Gasteiger partial charge on any atom is -0.395 e. The van der Waals surface area contributed by atoms with Crippen LogP contribution in [0.3, 0.4) is 0 Å². The molecule has 0 saturated heterocycles. The summed E-state index contributed by atoms with van der Waals surface area (Å²) in [5, 5.41) is 16.4. The quantitative estimate of drug-likeness (QED) is 0.541. The number of carbonyl (C=O) groups excluding carboxylic acids is 2. The van der Waals surface area contributed by atoms with Crippen molar-refractivity contribution in [2.24, 2.45) is 0 Å². The van der Waals surface area contributed by atoms with Crippen molar-refractivity contribution in [1.29, 1.82) is 0 Å². The van der Waals surface area contributed by atoms with Crippen LogP contribution in [0.15, 0.2) is 53.1 Å². The van der Waals surface area contributed by atoms with E-state index in [1.807, 2.05) is 12.1 Å². The van der Waals surface area contributed by atoms with Gasteiger partial charge in [0.2, 0.25) is 5.91 Å². The number of hydrogen-bond donors (Lipinski definition) is 2. The molecule has 9 nitrogen and oxygen atoms in total. The molecule has 0 aliphatic heterocycles. The van der Waals surface area contributed by atoms with Crippen LogP contribution >= 0.6 is 0 Å². The lowest BCUT2D eigenvalue weighted by atomic mass is 10.2. The van der Waals surface area contributed by atoms with E-state index in [-0.39, 0.29) is 12.3 Å².